The van der Waals surface area contributed by atoms with Gasteiger partial charge in [-0.15, -0.1) is 0 Å². The summed E-state index contributed by atoms with van der Waals surface area (Å²) in [5.74, 6) is -6.04. The molecular weight excluding hydrogens is 310 g/mol. The van der Waals surface area contributed by atoms with E-state index in [4.69, 9.17) is 0 Å². The number of hydrogen-bond donors (Lipinski definition) is 0. The third-order valence-electron chi connectivity index (χ3n) is 2.02. The number of aryl methyl sites for hydroxylation is 1. The topological polar surface area (TPSA) is 52.6 Å². The van der Waals surface area contributed by atoms with Gasteiger partial charge in [0.1, 0.15) is 11.5 Å². The molecule has 0 aliphatic heterocycles. The van der Waals surface area contributed by atoms with E-state index in [1.807, 2.05) is 0 Å². The second-order valence-corrected chi connectivity index (χ2v) is 3.70. The van der Waals surface area contributed by atoms with Gasteiger partial charge in [-0.05, 0) is 30.7 Å². The Morgan fingerprint density at radius 3 is 1.81 bits per heavy atom. The second-order valence-electron chi connectivity index (χ2n) is 3.70. The number of carbonyl (C=O) groups is 2. The summed E-state index contributed by atoms with van der Waals surface area (Å²) in [5, 5.41) is 0. The summed E-state index contributed by atoms with van der Waals surface area (Å²) < 4.78 is 79.8. The van der Waals surface area contributed by atoms with Crippen LogP contribution in [0.15, 0.2) is 18.2 Å². The number of carbonyl (C=O) groups excluding carboxylic acids is 2. The van der Waals surface area contributed by atoms with E-state index >= 15 is 0 Å². The first-order chi connectivity index (χ1) is 9.41. The highest BCUT2D eigenvalue weighted by molar-refractivity contribution is 5.79. The van der Waals surface area contributed by atoms with Crippen molar-refractivity contribution in [1.29, 1.82) is 0 Å². The summed E-state index contributed by atoms with van der Waals surface area (Å²) in [6.45, 7) is 1.16. The molecule has 0 aromatic heterocycles. The molecule has 0 bridgehead atoms. The fourth-order valence-corrected chi connectivity index (χ4v) is 1.12. The van der Waals surface area contributed by atoms with Gasteiger partial charge >= 0.3 is 24.3 Å². The molecule has 0 radical (unpaired) electrons. The molecule has 0 N–H and O–H groups in total. The van der Waals surface area contributed by atoms with Crippen LogP contribution in [-0.2, 0) is 9.59 Å². The average molecular weight is 316 g/mol. The minimum atomic E-state index is -5.21. The summed E-state index contributed by atoms with van der Waals surface area (Å²) in [6, 6.07) is 2.36. The monoisotopic (exact) mass is 316 g/mol. The maximum absolute atomic E-state index is 12.0. The number of benzene rings is 1. The van der Waals surface area contributed by atoms with Crippen LogP contribution >= 0.6 is 0 Å². The van der Waals surface area contributed by atoms with Crippen LogP contribution in [0, 0.1) is 6.92 Å². The van der Waals surface area contributed by atoms with E-state index in [2.05, 4.69) is 9.47 Å². The van der Waals surface area contributed by atoms with Gasteiger partial charge < -0.3 is 9.47 Å². The van der Waals surface area contributed by atoms with E-state index in [1.165, 1.54) is 0 Å². The Morgan fingerprint density at radius 2 is 1.38 bits per heavy atom. The highest BCUT2D eigenvalue weighted by atomic mass is 19.4. The number of esters is 2. The van der Waals surface area contributed by atoms with E-state index in [-0.39, 0.29) is 5.56 Å². The van der Waals surface area contributed by atoms with Crippen LogP contribution in [0.1, 0.15) is 5.56 Å². The molecule has 1 aromatic rings. The number of halogens is 6. The quantitative estimate of drug-likeness (QED) is 0.478. The Bertz CT molecular complexity index is 561. The molecular formula is C11H6F6O4. The zero-order chi connectivity index (χ0) is 16.4. The van der Waals surface area contributed by atoms with Gasteiger partial charge in [0.25, 0.3) is 0 Å². The highest BCUT2D eigenvalue weighted by Gasteiger charge is 2.42. The van der Waals surface area contributed by atoms with Crippen molar-refractivity contribution in [2.75, 3.05) is 0 Å². The molecule has 0 heterocycles. The Hall–Kier alpha value is -2.26. The normalized spacial score (nSPS) is 12.0. The number of hydrogen-bond acceptors (Lipinski definition) is 4. The van der Waals surface area contributed by atoms with Gasteiger partial charge in [0.15, 0.2) is 0 Å². The lowest BCUT2D eigenvalue weighted by Gasteiger charge is -2.11. The largest absolute Gasteiger partial charge is 0.491 e. The summed E-state index contributed by atoms with van der Waals surface area (Å²) in [6.07, 6.45) is -10.4. The minimum Gasteiger partial charge on any atom is -0.420 e. The fourth-order valence-electron chi connectivity index (χ4n) is 1.12. The molecule has 1 rings (SSSR count). The molecule has 0 saturated heterocycles. The van der Waals surface area contributed by atoms with E-state index in [9.17, 15) is 35.9 Å². The van der Waals surface area contributed by atoms with Gasteiger partial charge in [-0.25, -0.2) is 9.59 Å². The molecule has 0 amide bonds. The van der Waals surface area contributed by atoms with Crippen LogP contribution in [-0.4, -0.2) is 24.3 Å². The van der Waals surface area contributed by atoms with Crippen molar-refractivity contribution in [2.45, 2.75) is 19.3 Å². The molecule has 0 fully saturated rings. The fraction of sp³-hybridized carbons (Fsp3) is 0.273. The van der Waals surface area contributed by atoms with Gasteiger partial charge in [-0.3, -0.25) is 0 Å². The molecule has 21 heavy (non-hydrogen) atoms. The van der Waals surface area contributed by atoms with Crippen LogP contribution in [0.4, 0.5) is 26.3 Å². The number of ether oxygens (including phenoxy) is 2. The van der Waals surface area contributed by atoms with Gasteiger partial charge in [-0.2, -0.15) is 26.3 Å². The predicted octanol–water partition coefficient (Wildman–Crippen LogP) is 2.93. The Morgan fingerprint density at radius 1 is 0.905 bits per heavy atom. The van der Waals surface area contributed by atoms with Crippen LogP contribution in [0.2, 0.25) is 0 Å². The first kappa shape index (κ1) is 16.8. The predicted molar refractivity (Wildman–Crippen MR) is 54.6 cm³/mol. The van der Waals surface area contributed by atoms with Crippen molar-refractivity contribution >= 4 is 11.9 Å². The lowest BCUT2D eigenvalue weighted by Crippen LogP contribution is -2.28. The van der Waals surface area contributed by atoms with E-state index in [0.29, 0.717) is 0 Å². The van der Waals surface area contributed by atoms with Crippen LogP contribution in [0.5, 0.6) is 11.5 Å². The summed E-state index contributed by atoms with van der Waals surface area (Å²) >= 11 is 0. The SMILES string of the molecule is Cc1cc(OC(=O)C(F)(F)F)ccc1OC(=O)C(F)(F)F. The lowest BCUT2D eigenvalue weighted by molar-refractivity contribution is -0.190. The Labute approximate surface area is 113 Å². The highest BCUT2D eigenvalue weighted by Crippen LogP contribution is 2.27. The molecule has 116 valence electrons. The zero-order valence-electron chi connectivity index (χ0n) is 10.1. The maximum Gasteiger partial charge on any atom is 0.491 e. The summed E-state index contributed by atoms with van der Waals surface area (Å²) in [7, 11) is 0. The first-order valence-electron chi connectivity index (χ1n) is 5.10. The van der Waals surface area contributed by atoms with Crippen molar-refractivity contribution in [3.63, 3.8) is 0 Å². The molecule has 0 unspecified atom stereocenters. The average Bonchev–Trinajstić information content (AvgIpc) is 2.30. The number of alkyl halides is 6. The molecule has 0 atom stereocenters. The first-order valence-corrected chi connectivity index (χ1v) is 5.10. The third kappa shape index (κ3) is 4.65. The van der Waals surface area contributed by atoms with Gasteiger partial charge in [-0.1, -0.05) is 0 Å². The van der Waals surface area contributed by atoms with Gasteiger partial charge in [0, 0.05) is 0 Å². The van der Waals surface area contributed by atoms with E-state index in [0.717, 1.165) is 25.1 Å². The molecule has 1 aromatic carbocycles. The molecule has 10 heteroatoms. The zero-order valence-corrected chi connectivity index (χ0v) is 10.1. The van der Waals surface area contributed by atoms with Crippen LogP contribution < -0.4 is 9.47 Å². The molecule has 0 saturated carbocycles. The third-order valence-corrected chi connectivity index (χ3v) is 2.02. The van der Waals surface area contributed by atoms with Gasteiger partial charge in [0.05, 0.1) is 0 Å². The lowest BCUT2D eigenvalue weighted by atomic mass is 10.2. The summed E-state index contributed by atoms with van der Waals surface area (Å²) in [5.41, 5.74) is -0.125. The Balaban J connectivity index is 2.87. The van der Waals surface area contributed by atoms with E-state index < -0.39 is 35.8 Å². The number of rotatable bonds is 2. The van der Waals surface area contributed by atoms with E-state index in [1.54, 1.807) is 0 Å². The minimum absolute atomic E-state index is 0.125. The summed E-state index contributed by atoms with van der Waals surface area (Å²) in [4.78, 5) is 21.2. The molecule has 0 aliphatic rings. The van der Waals surface area contributed by atoms with Crippen molar-refractivity contribution in [2.24, 2.45) is 0 Å². The maximum atomic E-state index is 12.0. The van der Waals surface area contributed by atoms with Crippen LogP contribution in [0.25, 0.3) is 0 Å². The molecule has 0 spiro atoms. The second kappa shape index (κ2) is 5.62. The molecule has 4 nitrogen and oxygen atoms in total. The standard InChI is InChI=1S/C11H6F6O4/c1-5-4-6(20-8(18)10(12,13)14)2-3-7(5)21-9(19)11(15,16)17/h2-4H,1H3. The van der Waals surface area contributed by atoms with Gasteiger partial charge in [0.2, 0.25) is 0 Å². The van der Waals surface area contributed by atoms with Crippen molar-refractivity contribution < 1.29 is 45.4 Å². The molecule has 0 aliphatic carbocycles. The van der Waals surface area contributed by atoms with Crippen molar-refractivity contribution in [3.05, 3.63) is 23.8 Å². The van der Waals surface area contributed by atoms with Crippen LogP contribution in [0.3, 0.4) is 0 Å². The smallest absolute Gasteiger partial charge is 0.420 e. The van der Waals surface area contributed by atoms with Crippen molar-refractivity contribution in [1.82, 2.24) is 0 Å². The van der Waals surface area contributed by atoms with Crippen molar-refractivity contribution in [3.8, 4) is 11.5 Å². The Kier molecular flexibility index (Phi) is 4.49.